The predicted octanol–water partition coefficient (Wildman–Crippen LogP) is 0.918. The van der Waals surface area contributed by atoms with Gasteiger partial charge in [-0.1, -0.05) is 83.3 Å². The van der Waals surface area contributed by atoms with Gasteiger partial charge < -0.3 is 62.5 Å². The normalized spacial score (nSPS) is 26.4. The fourth-order valence-corrected chi connectivity index (χ4v) is 9.12. The molecule has 3 aliphatic rings. The van der Waals surface area contributed by atoms with E-state index in [0.717, 1.165) is 30.6 Å². The third-order valence-corrected chi connectivity index (χ3v) is 13.0. The molecule has 0 aliphatic carbocycles. The fourth-order valence-electron chi connectivity index (χ4n) is 9.12. The quantitative estimate of drug-likeness (QED) is 0.0817. The SMILES string of the molecule is CCCCCCCCCCCCCC(=O)N[C@H]1CCCNC(=O)[C@@H]2C[C@@H](O)CN2C(=O)[C@H](CCCN)NC(=O)[C@H](CCc2ccc(O)cc2)NC(=O)[C@@H]2C[C@@H](O)CN2C(=O)[C@H]([C@@H](C)O)NC1=O. The third-order valence-electron chi connectivity index (χ3n) is 13.0. The van der Waals surface area contributed by atoms with Crippen molar-refractivity contribution in [2.24, 2.45) is 5.73 Å². The van der Waals surface area contributed by atoms with Crippen molar-refractivity contribution in [1.82, 2.24) is 36.4 Å². The molecule has 19 nitrogen and oxygen atoms in total. The molecule has 1 aromatic rings. The molecule has 3 heterocycles. The van der Waals surface area contributed by atoms with Crippen molar-refractivity contribution in [1.29, 1.82) is 0 Å². The number of aliphatic hydroxyl groups is 3. The number of phenols is 1. The second kappa shape index (κ2) is 28.5. The number of carbonyl (C=O) groups excluding carboxylic acids is 7. The van der Waals surface area contributed by atoms with Gasteiger partial charge >= 0.3 is 0 Å². The molecule has 3 aliphatic heterocycles. The van der Waals surface area contributed by atoms with Gasteiger partial charge in [-0.15, -0.1) is 0 Å². The molecule has 11 N–H and O–H groups in total. The summed E-state index contributed by atoms with van der Waals surface area (Å²) in [5, 5.41) is 55.8. The van der Waals surface area contributed by atoms with E-state index in [2.05, 4.69) is 33.5 Å². The average molecular weight is 943 g/mol. The van der Waals surface area contributed by atoms with Crippen LogP contribution in [0.1, 0.15) is 141 Å². The maximum Gasteiger partial charge on any atom is 0.248 e. The molecule has 0 aromatic heterocycles. The van der Waals surface area contributed by atoms with Gasteiger partial charge in [0, 0.05) is 38.9 Å². The summed E-state index contributed by atoms with van der Waals surface area (Å²) in [6.07, 6.45) is 9.06. The Balaban J connectivity index is 1.58. The summed E-state index contributed by atoms with van der Waals surface area (Å²) in [6, 6.07) is -1.49. The Bertz CT molecular complexity index is 1770. The van der Waals surface area contributed by atoms with Crippen molar-refractivity contribution in [3.8, 4) is 5.75 Å². The summed E-state index contributed by atoms with van der Waals surface area (Å²) in [4.78, 5) is 100. The van der Waals surface area contributed by atoms with E-state index in [0.29, 0.717) is 18.4 Å². The van der Waals surface area contributed by atoms with E-state index in [1.54, 1.807) is 12.1 Å². The number of phenolic OH excluding ortho intramolecular Hbond substituents is 1. The monoisotopic (exact) mass is 943 g/mol. The number of unbranched alkanes of at least 4 members (excludes halogenated alkanes) is 10. The molecule has 376 valence electrons. The standard InChI is InChI=1S/C48H78N8O11/c1-3-4-5-6-7-8-9-10-11-12-13-18-41(61)51-36-17-15-26-50-45(64)39-27-34(59)29-55(39)47(66)38(16-14-25-49)53-43(62)37(24-21-32-19-22-33(58)23-20-32)52-46(65)40-28-35(60)30-56(40)48(67)42(31(2)57)54-44(36)63/h19-20,22-23,31,34-40,42,57-60H,3-18,21,24-30,49H2,1-2H3,(H,50,64)(H,51,61)(H,52,65)(H,53,62)(H,54,63)/t31-,34-,35-,36+,37+,38+,39+,40+,42+/m1/s1. The van der Waals surface area contributed by atoms with Crippen LogP contribution in [0.15, 0.2) is 24.3 Å². The smallest absolute Gasteiger partial charge is 0.248 e. The van der Waals surface area contributed by atoms with Gasteiger partial charge in [-0.05, 0) is 76.1 Å². The molecule has 0 saturated carbocycles. The highest BCUT2D eigenvalue weighted by atomic mass is 16.3. The third kappa shape index (κ3) is 17.6. The highest BCUT2D eigenvalue weighted by Crippen LogP contribution is 2.23. The molecule has 0 radical (unpaired) electrons. The number of aliphatic hydroxyl groups excluding tert-OH is 3. The zero-order valence-corrected chi connectivity index (χ0v) is 39.6. The second-order valence-corrected chi connectivity index (χ2v) is 18.6. The van der Waals surface area contributed by atoms with Crippen LogP contribution in [-0.2, 0) is 40.0 Å². The lowest BCUT2D eigenvalue weighted by Crippen LogP contribution is -2.61. The summed E-state index contributed by atoms with van der Waals surface area (Å²) in [6.45, 7) is 3.17. The number of hydrogen-bond acceptors (Lipinski definition) is 12. The molecule has 3 fully saturated rings. The summed E-state index contributed by atoms with van der Waals surface area (Å²) in [5.41, 5.74) is 6.53. The van der Waals surface area contributed by atoms with Crippen LogP contribution in [0, 0.1) is 0 Å². The van der Waals surface area contributed by atoms with E-state index in [4.69, 9.17) is 5.73 Å². The Hall–Kier alpha value is -4.85. The Morgan fingerprint density at radius 1 is 0.731 bits per heavy atom. The highest BCUT2D eigenvalue weighted by Gasteiger charge is 2.45. The van der Waals surface area contributed by atoms with Crippen LogP contribution in [0.4, 0.5) is 0 Å². The first-order chi connectivity index (χ1) is 32.1. The number of benzene rings is 1. The maximum atomic E-state index is 14.3. The summed E-state index contributed by atoms with van der Waals surface area (Å²) in [5.74, 6) is -4.77. The molecule has 0 spiro atoms. The van der Waals surface area contributed by atoms with Gasteiger partial charge in [0.25, 0.3) is 0 Å². The van der Waals surface area contributed by atoms with Crippen molar-refractivity contribution in [2.45, 2.75) is 197 Å². The summed E-state index contributed by atoms with van der Waals surface area (Å²) >= 11 is 0. The van der Waals surface area contributed by atoms with Crippen LogP contribution in [0.3, 0.4) is 0 Å². The molecule has 9 atom stereocenters. The second-order valence-electron chi connectivity index (χ2n) is 18.6. The first kappa shape index (κ1) is 54.8. The number of fused-ring (bicyclic) bond motifs is 2. The van der Waals surface area contributed by atoms with E-state index in [-0.39, 0.29) is 89.2 Å². The topological polar surface area (TPSA) is 293 Å². The Morgan fingerprint density at radius 2 is 1.30 bits per heavy atom. The zero-order chi connectivity index (χ0) is 48.9. The molecule has 7 amide bonds. The van der Waals surface area contributed by atoms with Crippen LogP contribution in [0.2, 0.25) is 0 Å². The van der Waals surface area contributed by atoms with E-state index in [1.165, 1.54) is 62.5 Å². The Morgan fingerprint density at radius 3 is 1.90 bits per heavy atom. The van der Waals surface area contributed by atoms with Crippen LogP contribution >= 0.6 is 0 Å². The molecular formula is C48H78N8O11. The number of nitrogens with zero attached hydrogens (tertiary/aromatic N) is 2. The first-order valence-corrected chi connectivity index (χ1v) is 24.7. The minimum atomic E-state index is -1.60. The number of hydrogen-bond donors (Lipinski definition) is 10. The van der Waals surface area contributed by atoms with Gasteiger partial charge in [-0.3, -0.25) is 33.6 Å². The van der Waals surface area contributed by atoms with E-state index < -0.39 is 90.0 Å². The van der Waals surface area contributed by atoms with Gasteiger partial charge in [-0.2, -0.15) is 0 Å². The lowest BCUT2D eigenvalue weighted by atomic mass is 10.0. The van der Waals surface area contributed by atoms with E-state index >= 15 is 0 Å². The molecule has 1 aromatic carbocycles. The molecule has 4 rings (SSSR count). The number of aromatic hydroxyl groups is 1. The highest BCUT2D eigenvalue weighted by molar-refractivity contribution is 5.97. The van der Waals surface area contributed by atoms with E-state index in [1.807, 2.05) is 0 Å². The van der Waals surface area contributed by atoms with Crippen molar-refractivity contribution in [3.63, 3.8) is 0 Å². The van der Waals surface area contributed by atoms with Crippen LogP contribution in [-0.4, -0.2) is 152 Å². The minimum absolute atomic E-state index is 0.00442. The van der Waals surface area contributed by atoms with Crippen molar-refractivity contribution < 1.29 is 54.0 Å². The fraction of sp³-hybridized carbons (Fsp3) is 0.729. The Labute approximate surface area is 395 Å². The van der Waals surface area contributed by atoms with Gasteiger partial charge in [0.15, 0.2) is 0 Å². The molecule has 0 bridgehead atoms. The lowest BCUT2D eigenvalue weighted by molar-refractivity contribution is -0.145. The molecule has 19 heteroatoms. The van der Waals surface area contributed by atoms with Crippen molar-refractivity contribution >= 4 is 41.4 Å². The van der Waals surface area contributed by atoms with Gasteiger partial charge in [-0.25, -0.2) is 0 Å². The number of aryl methyl sites for hydroxylation is 1. The summed E-state index contributed by atoms with van der Waals surface area (Å²) < 4.78 is 0. The minimum Gasteiger partial charge on any atom is -0.508 e. The molecule has 67 heavy (non-hydrogen) atoms. The average Bonchev–Trinajstić information content (AvgIpc) is 3.90. The molecule has 0 unspecified atom stereocenters. The number of nitrogens with two attached hydrogens (primary N) is 1. The first-order valence-electron chi connectivity index (χ1n) is 24.7. The maximum absolute atomic E-state index is 14.3. The molecule has 3 saturated heterocycles. The van der Waals surface area contributed by atoms with Crippen molar-refractivity contribution in [3.05, 3.63) is 29.8 Å². The number of nitrogens with one attached hydrogen (secondary N) is 5. The predicted molar refractivity (Wildman–Crippen MR) is 250 cm³/mol. The lowest BCUT2D eigenvalue weighted by Gasteiger charge is -2.32. The van der Waals surface area contributed by atoms with Crippen LogP contribution in [0.5, 0.6) is 5.75 Å². The van der Waals surface area contributed by atoms with E-state index in [9.17, 15) is 54.0 Å². The van der Waals surface area contributed by atoms with Gasteiger partial charge in [0.2, 0.25) is 41.4 Å². The Kier molecular flexibility index (Phi) is 23.3. The van der Waals surface area contributed by atoms with Gasteiger partial charge in [0.05, 0.1) is 18.3 Å². The number of amides is 7. The van der Waals surface area contributed by atoms with Crippen LogP contribution in [0.25, 0.3) is 0 Å². The molecular weight excluding hydrogens is 865 g/mol. The van der Waals surface area contributed by atoms with Gasteiger partial charge in [0.1, 0.15) is 42.0 Å². The number of rotatable bonds is 20. The zero-order valence-electron chi connectivity index (χ0n) is 39.6. The summed E-state index contributed by atoms with van der Waals surface area (Å²) in [7, 11) is 0. The number of carbonyl (C=O) groups is 7. The van der Waals surface area contributed by atoms with Crippen molar-refractivity contribution in [2.75, 3.05) is 26.2 Å². The van der Waals surface area contributed by atoms with Crippen LogP contribution < -0.4 is 32.3 Å². The largest absolute Gasteiger partial charge is 0.508 e.